The molecule has 8 nitrogen and oxygen atoms in total. The number of hydrogen-bond donors (Lipinski definition) is 2. The minimum absolute atomic E-state index is 0.110. The molecule has 0 bridgehead atoms. The molecule has 2 unspecified atom stereocenters. The molecular formula is C24H23FN4O4. The number of fused-ring (bicyclic) bond motifs is 2. The maximum atomic E-state index is 13.8. The van der Waals surface area contributed by atoms with Crippen LogP contribution in [0.25, 0.3) is 27.8 Å². The number of nitrogens with zero attached hydrogens (tertiary/aromatic N) is 3. The van der Waals surface area contributed by atoms with Crippen molar-refractivity contribution in [2.45, 2.75) is 37.2 Å². The third-order valence-corrected chi connectivity index (χ3v) is 6.79. The van der Waals surface area contributed by atoms with E-state index in [4.69, 9.17) is 14.5 Å². The van der Waals surface area contributed by atoms with Gasteiger partial charge in [0, 0.05) is 47.4 Å². The molecule has 5 heterocycles. The van der Waals surface area contributed by atoms with E-state index >= 15 is 0 Å². The second-order valence-electron chi connectivity index (χ2n) is 8.75. The van der Waals surface area contributed by atoms with Gasteiger partial charge in [-0.25, -0.2) is 14.2 Å². The first-order valence-corrected chi connectivity index (χ1v) is 11.2. The molecule has 2 saturated heterocycles. The Labute approximate surface area is 188 Å². The lowest BCUT2D eigenvalue weighted by Crippen LogP contribution is -2.19. The topological polar surface area (TPSA) is 102 Å². The first-order chi connectivity index (χ1) is 16.1. The highest BCUT2D eigenvalue weighted by atomic mass is 19.1. The van der Waals surface area contributed by atoms with Crippen LogP contribution in [-0.2, 0) is 14.3 Å². The van der Waals surface area contributed by atoms with E-state index < -0.39 is 12.1 Å². The van der Waals surface area contributed by atoms with Gasteiger partial charge < -0.3 is 19.1 Å². The average Bonchev–Trinajstić information content (AvgIpc) is 3.55. The van der Waals surface area contributed by atoms with Crippen molar-refractivity contribution < 1.29 is 23.8 Å². The molecule has 170 valence electrons. The van der Waals surface area contributed by atoms with Gasteiger partial charge in [-0.3, -0.25) is 5.10 Å². The maximum absolute atomic E-state index is 13.8. The fourth-order valence-electron chi connectivity index (χ4n) is 5.25. The number of carbonyl (C=O) groups is 1. The molecule has 2 aliphatic rings. The van der Waals surface area contributed by atoms with Crippen molar-refractivity contribution in [1.82, 2.24) is 19.7 Å². The molecule has 0 amide bonds. The van der Waals surface area contributed by atoms with Gasteiger partial charge in [-0.1, -0.05) is 0 Å². The number of aliphatic carboxylic acids is 1. The van der Waals surface area contributed by atoms with Crippen LogP contribution in [0.1, 0.15) is 42.4 Å². The molecule has 0 aliphatic carbocycles. The summed E-state index contributed by atoms with van der Waals surface area (Å²) in [6, 6.07) is 8.49. The van der Waals surface area contributed by atoms with Crippen LogP contribution >= 0.6 is 0 Å². The average molecular weight is 450 g/mol. The highest BCUT2D eigenvalue weighted by Gasteiger charge is 2.38. The number of aromatic nitrogens is 4. The van der Waals surface area contributed by atoms with Crippen molar-refractivity contribution >= 4 is 28.0 Å². The molecule has 0 radical (unpaired) electrons. The number of nitrogens with one attached hydrogen (secondary N) is 1. The minimum atomic E-state index is -0.948. The number of carboxylic acids is 1. The number of hydrogen-bond acceptors (Lipinski definition) is 5. The highest BCUT2D eigenvalue weighted by molar-refractivity contribution is 5.94. The molecular weight excluding hydrogens is 427 g/mol. The van der Waals surface area contributed by atoms with Crippen molar-refractivity contribution in [3.8, 4) is 5.69 Å². The maximum Gasteiger partial charge on any atom is 0.332 e. The number of ether oxygens (including phenoxy) is 2. The number of halogens is 1. The fourth-order valence-corrected chi connectivity index (χ4v) is 5.25. The molecule has 9 heteroatoms. The van der Waals surface area contributed by atoms with Crippen LogP contribution in [0, 0.1) is 5.82 Å². The SMILES string of the molecule is O=C(O)C1CC(c2c(C3CCOCC3)n(-c3ccc(F)cc3)c3cc4cn[nH]c4nc23)CO1. The lowest BCUT2D eigenvalue weighted by molar-refractivity contribution is -0.147. The lowest BCUT2D eigenvalue weighted by atomic mass is 9.87. The molecule has 2 atom stereocenters. The van der Waals surface area contributed by atoms with Crippen LogP contribution in [-0.4, -0.2) is 56.7 Å². The van der Waals surface area contributed by atoms with E-state index in [-0.39, 0.29) is 17.7 Å². The molecule has 3 aromatic heterocycles. The summed E-state index contributed by atoms with van der Waals surface area (Å²) in [5.74, 6) is -1.16. The van der Waals surface area contributed by atoms with Crippen LogP contribution in [0.3, 0.4) is 0 Å². The Kier molecular flexibility index (Phi) is 4.88. The van der Waals surface area contributed by atoms with Gasteiger partial charge >= 0.3 is 5.97 Å². The van der Waals surface area contributed by atoms with Crippen molar-refractivity contribution in [2.75, 3.05) is 19.8 Å². The quantitative estimate of drug-likeness (QED) is 0.489. The third-order valence-electron chi connectivity index (χ3n) is 6.79. The number of rotatable bonds is 4. The summed E-state index contributed by atoms with van der Waals surface area (Å²) >= 11 is 0. The minimum Gasteiger partial charge on any atom is -0.479 e. The normalized spacial score (nSPS) is 21.8. The zero-order valence-corrected chi connectivity index (χ0v) is 17.8. The van der Waals surface area contributed by atoms with E-state index in [1.54, 1.807) is 18.3 Å². The Morgan fingerprint density at radius 3 is 2.70 bits per heavy atom. The fraction of sp³-hybridized carbons (Fsp3) is 0.375. The van der Waals surface area contributed by atoms with E-state index in [0.29, 0.717) is 31.9 Å². The van der Waals surface area contributed by atoms with Gasteiger partial charge in [0.25, 0.3) is 0 Å². The van der Waals surface area contributed by atoms with Crippen LogP contribution < -0.4 is 0 Å². The summed E-state index contributed by atoms with van der Waals surface area (Å²) in [5, 5.41) is 17.5. The van der Waals surface area contributed by atoms with E-state index in [2.05, 4.69) is 14.8 Å². The predicted octanol–water partition coefficient (Wildman–Crippen LogP) is 3.89. The summed E-state index contributed by atoms with van der Waals surface area (Å²) < 4.78 is 27.2. The zero-order valence-electron chi connectivity index (χ0n) is 17.8. The van der Waals surface area contributed by atoms with E-state index in [1.165, 1.54) is 12.1 Å². The summed E-state index contributed by atoms with van der Waals surface area (Å²) in [4.78, 5) is 16.5. The first kappa shape index (κ1) is 20.3. The van der Waals surface area contributed by atoms with E-state index in [1.807, 2.05) is 6.07 Å². The zero-order chi connectivity index (χ0) is 22.5. The standard InChI is InChI=1S/C24H23FN4O4/c25-16-1-3-17(4-2-16)29-18-9-14-11-26-28-23(14)27-21(18)20(15-10-19(24(30)31)33-12-15)22(29)13-5-7-32-8-6-13/h1-4,9,11,13,15,19H,5-8,10,12H2,(H,30,31)(H,26,27,28). The van der Waals surface area contributed by atoms with Gasteiger partial charge in [0.2, 0.25) is 0 Å². The van der Waals surface area contributed by atoms with E-state index in [9.17, 15) is 14.3 Å². The van der Waals surface area contributed by atoms with Gasteiger partial charge in [-0.05, 0) is 49.6 Å². The van der Waals surface area contributed by atoms with Crippen LogP contribution in [0.15, 0.2) is 36.5 Å². The molecule has 0 saturated carbocycles. The summed E-state index contributed by atoms with van der Waals surface area (Å²) in [6.45, 7) is 1.64. The Bertz CT molecular complexity index is 1340. The van der Waals surface area contributed by atoms with Crippen LogP contribution in [0.5, 0.6) is 0 Å². The molecule has 2 aliphatic heterocycles. The molecule has 0 spiro atoms. The van der Waals surface area contributed by atoms with Crippen LogP contribution in [0.2, 0.25) is 0 Å². The largest absolute Gasteiger partial charge is 0.479 e. The molecule has 2 fully saturated rings. The lowest BCUT2D eigenvalue weighted by Gasteiger charge is -2.26. The Balaban J connectivity index is 1.65. The van der Waals surface area contributed by atoms with Crippen LogP contribution in [0.4, 0.5) is 4.39 Å². The third kappa shape index (κ3) is 3.39. The van der Waals surface area contributed by atoms with Crippen molar-refractivity contribution in [1.29, 1.82) is 0 Å². The number of benzene rings is 1. The Hall–Kier alpha value is -3.30. The van der Waals surface area contributed by atoms with Gasteiger partial charge in [0.05, 0.1) is 23.8 Å². The summed E-state index contributed by atoms with van der Waals surface area (Å²) in [6.07, 6.45) is 2.98. The second kappa shape index (κ2) is 7.93. The van der Waals surface area contributed by atoms with Gasteiger partial charge in [0.1, 0.15) is 5.82 Å². The number of aromatic amines is 1. The molecule has 4 aromatic rings. The number of carboxylic acid groups (broad SMARTS) is 1. The monoisotopic (exact) mass is 450 g/mol. The van der Waals surface area contributed by atoms with Gasteiger partial charge in [0.15, 0.2) is 11.8 Å². The molecule has 33 heavy (non-hydrogen) atoms. The molecule has 1 aromatic carbocycles. The number of H-pyrrole nitrogens is 1. The van der Waals surface area contributed by atoms with Gasteiger partial charge in [-0.2, -0.15) is 5.10 Å². The van der Waals surface area contributed by atoms with E-state index in [0.717, 1.165) is 46.2 Å². The van der Waals surface area contributed by atoms with Gasteiger partial charge in [-0.15, -0.1) is 0 Å². The summed E-state index contributed by atoms with van der Waals surface area (Å²) in [5.41, 5.74) is 5.32. The Morgan fingerprint density at radius 2 is 1.97 bits per heavy atom. The van der Waals surface area contributed by atoms with Crippen molar-refractivity contribution in [3.05, 3.63) is 53.6 Å². The van der Waals surface area contributed by atoms with Crippen molar-refractivity contribution in [2.24, 2.45) is 0 Å². The smallest absolute Gasteiger partial charge is 0.332 e. The predicted molar refractivity (Wildman–Crippen MR) is 118 cm³/mol. The van der Waals surface area contributed by atoms with Crippen molar-refractivity contribution in [3.63, 3.8) is 0 Å². The molecule has 6 rings (SSSR count). The Morgan fingerprint density at radius 1 is 1.18 bits per heavy atom. The first-order valence-electron chi connectivity index (χ1n) is 11.2. The molecule has 2 N–H and O–H groups in total. The summed E-state index contributed by atoms with van der Waals surface area (Å²) in [7, 11) is 0. The highest BCUT2D eigenvalue weighted by Crippen LogP contribution is 2.44. The second-order valence-corrected chi connectivity index (χ2v) is 8.75. The number of pyridine rings is 1.